The molecule has 0 saturated carbocycles. The normalized spacial score (nSPS) is 19.1. The molecule has 2 aliphatic heterocycles. The van der Waals surface area contributed by atoms with Gasteiger partial charge in [-0.25, -0.2) is 8.42 Å². The van der Waals surface area contributed by atoms with E-state index in [1.165, 1.54) is 34.1 Å². The van der Waals surface area contributed by atoms with Crippen molar-refractivity contribution in [3.63, 3.8) is 0 Å². The molecule has 1 fully saturated rings. The van der Waals surface area contributed by atoms with Crippen molar-refractivity contribution in [3.8, 4) is 5.75 Å². The number of benzene rings is 2. The molecule has 1 atom stereocenters. The number of hydrogen-bond donors (Lipinski definition) is 1. The summed E-state index contributed by atoms with van der Waals surface area (Å²) in [6.07, 6.45) is 0. The molecule has 2 aromatic rings. The molecular formula is C24H29N3O6S2. The van der Waals surface area contributed by atoms with Gasteiger partial charge in [-0.3, -0.25) is 9.59 Å². The van der Waals surface area contributed by atoms with Gasteiger partial charge in [-0.2, -0.15) is 4.31 Å². The van der Waals surface area contributed by atoms with Gasteiger partial charge in [0.15, 0.2) is 0 Å². The first-order valence-corrected chi connectivity index (χ1v) is 13.7. The lowest BCUT2D eigenvalue weighted by Crippen LogP contribution is -2.42. The van der Waals surface area contributed by atoms with E-state index >= 15 is 0 Å². The van der Waals surface area contributed by atoms with Crippen LogP contribution in [0.3, 0.4) is 0 Å². The summed E-state index contributed by atoms with van der Waals surface area (Å²) in [5.74, 6) is 0.0604. The fourth-order valence-electron chi connectivity index (χ4n) is 4.01. The predicted molar refractivity (Wildman–Crippen MR) is 135 cm³/mol. The number of amides is 2. The highest BCUT2D eigenvalue weighted by molar-refractivity contribution is 7.99. The second-order valence-corrected chi connectivity index (χ2v) is 11.5. The summed E-state index contributed by atoms with van der Waals surface area (Å²) in [6.45, 7) is 4.67. The highest BCUT2D eigenvalue weighted by Crippen LogP contribution is 2.38. The van der Waals surface area contributed by atoms with E-state index in [9.17, 15) is 18.0 Å². The Hall–Kier alpha value is -2.60. The molecule has 11 heteroatoms. The minimum absolute atomic E-state index is 0.0897. The van der Waals surface area contributed by atoms with Gasteiger partial charge in [-0.15, -0.1) is 11.8 Å². The highest BCUT2D eigenvalue weighted by atomic mass is 32.2. The molecule has 1 N–H and O–H groups in total. The van der Waals surface area contributed by atoms with Crippen LogP contribution in [0.2, 0.25) is 0 Å². The molecule has 1 saturated heterocycles. The van der Waals surface area contributed by atoms with E-state index in [0.29, 0.717) is 36.1 Å². The van der Waals surface area contributed by atoms with Crippen LogP contribution in [0.5, 0.6) is 5.75 Å². The molecule has 0 spiro atoms. The molecule has 0 unspecified atom stereocenters. The van der Waals surface area contributed by atoms with Crippen molar-refractivity contribution in [1.82, 2.24) is 4.31 Å². The third kappa shape index (κ3) is 5.48. The summed E-state index contributed by atoms with van der Waals surface area (Å²) >= 11 is 1.48. The number of anilines is 2. The summed E-state index contributed by atoms with van der Waals surface area (Å²) in [4.78, 5) is 28.6. The van der Waals surface area contributed by atoms with Crippen LogP contribution in [0.1, 0.15) is 12.5 Å². The molecule has 35 heavy (non-hydrogen) atoms. The Morgan fingerprint density at radius 1 is 1.20 bits per heavy atom. The van der Waals surface area contributed by atoms with E-state index in [1.807, 2.05) is 13.0 Å². The van der Waals surface area contributed by atoms with Gasteiger partial charge < -0.3 is 19.7 Å². The van der Waals surface area contributed by atoms with Gasteiger partial charge in [0, 0.05) is 29.7 Å². The maximum absolute atomic E-state index is 13.3. The Kier molecular flexibility index (Phi) is 7.70. The number of methoxy groups -OCH3 is 1. The minimum Gasteiger partial charge on any atom is -0.495 e. The van der Waals surface area contributed by atoms with Gasteiger partial charge in [0.05, 0.1) is 36.6 Å². The number of sulfonamides is 1. The number of hydrogen-bond acceptors (Lipinski definition) is 7. The van der Waals surface area contributed by atoms with E-state index in [1.54, 1.807) is 31.2 Å². The summed E-state index contributed by atoms with van der Waals surface area (Å²) in [6, 6.07) is 10.2. The lowest BCUT2D eigenvalue weighted by Gasteiger charge is -2.27. The van der Waals surface area contributed by atoms with Crippen molar-refractivity contribution in [2.45, 2.75) is 23.6 Å². The topological polar surface area (TPSA) is 105 Å². The molecule has 2 aromatic carbocycles. The molecule has 2 aliphatic rings. The molecule has 0 aromatic heterocycles. The fraction of sp³-hybridized carbons (Fsp3) is 0.417. The van der Waals surface area contributed by atoms with Gasteiger partial charge in [0.1, 0.15) is 12.3 Å². The van der Waals surface area contributed by atoms with Crippen molar-refractivity contribution in [1.29, 1.82) is 0 Å². The zero-order valence-corrected chi connectivity index (χ0v) is 21.6. The Morgan fingerprint density at radius 3 is 2.66 bits per heavy atom. The van der Waals surface area contributed by atoms with Crippen LogP contribution >= 0.6 is 11.8 Å². The zero-order valence-electron chi connectivity index (χ0n) is 19.9. The Bertz CT molecular complexity index is 1230. The number of carbonyl (C=O) groups excluding carboxylic acids is 2. The lowest BCUT2D eigenvalue weighted by atomic mass is 10.1. The summed E-state index contributed by atoms with van der Waals surface area (Å²) in [7, 11) is -2.25. The first-order valence-electron chi connectivity index (χ1n) is 11.3. The average Bonchev–Trinajstić information content (AvgIpc) is 2.96. The number of fused-ring (bicyclic) bond motifs is 1. The second kappa shape index (κ2) is 10.6. The maximum Gasteiger partial charge on any atom is 0.244 e. The molecule has 188 valence electrons. The molecular weight excluding hydrogens is 490 g/mol. The first-order chi connectivity index (χ1) is 16.7. The molecule has 2 heterocycles. The van der Waals surface area contributed by atoms with Crippen molar-refractivity contribution in [2.24, 2.45) is 5.92 Å². The minimum atomic E-state index is -3.76. The molecule has 0 bridgehead atoms. The Labute approximate surface area is 209 Å². The number of morpholine rings is 1. The number of nitrogens with zero attached hydrogens (tertiary/aromatic N) is 2. The van der Waals surface area contributed by atoms with Gasteiger partial charge >= 0.3 is 0 Å². The van der Waals surface area contributed by atoms with Crippen LogP contribution in [0, 0.1) is 12.8 Å². The summed E-state index contributed by atoms with van der Waals surface area (Å²) < 4.78 is 38.5. The van der Waals surface area contributed by atoms with E-state index in [4.69, 9.17) is 9.47 Å². The van der Waals surface area contributed by atoms with Crippen LogP contribution in [0.15, 0.2) is 46.2 Å². The maximum atomic E-state index is 13.3. The van der Waals surface area contributed by atoms with E-state index in [-0.39, 0.29) is 36.4 Å². The number of nitrogens with one attached hydrogen (secondary N) is 1. The molecule has 0 aliphatic carbocycles. The van der Waals surface area contributed by atoms with Crippen LogP contribution in [-0.2, 0) is 24.3 Å². The van der Waals surface area contributed by atoms with Crippen LogP contribution < -0.4 is 15.0 Å². The quantitative estimate of drug-likeness (QED) is 0.626. The van der Waals surface area contributed by atoms with Gasteiger partial charge in [-0.05, 0) is 42.8 Å². The summed E-state index contributed by atoms with van der Waals surface area (Å²) in [5, 5.41) is 2.83. The van der Waals surface area contributed by atoms with Crippen molar-refractivity contribution < 1.29 is 27.5 Å². The fourth-order valence-corrected chi connectivity index (χ4v) is 6.50. The standard InChI is InChI=1S/C24H29N3O6S2/c1-16-4-6-21(32-3)19(12-16)25-23(28)14-27-20-13-18(35(30,31)26-8-10-33-11-9-26)5-7-22(20)34-15-17(2)24(27)29/h4-7,12-13,17H,8-11,14-15H2,1-3H3,(H,25,28)/t17-/m0/s1. The predicted octanol–water partition coefficient (Wildman–Crippen LogP) is 2.74. The third-order valence-corrected chi connectivity index (χ3v) is 9.15. The SMILES string of the molecule is COc1ccc(C)cc1NC(=O)CN1C(=O)[C@@H](C)CSc2ccc(S(=O)(=O)N3CCOCC3)cc21. The number of thioether (sulfide) groups is 1. The second-order valence-electron chi connectivity index (χ2n) is 8.53. The van der Waals surface area contributed by atoms with Gasteiger partial charge in [0.25, 0.3) is 0 Å². The zero-order chi connectivity index (χ0) is 25.2. The number of carbonyl (C=O) groups is 2. The van der Waals surface area contributed by atoms with Gasteiger partial charge in [0.2, 0.25) is 21.8 Å². The van der Waals surface area contributed by atoms with Crippen LogP contribution in [-0.4, -0.2) is 70.2 Å². The van der Waals surface area contributed by atoms with Crippen LogP contribution in [0.4, 0.5) is 11.4 Å². The van der Waals surface area contributed by atoms with Crippen molar-refractivity contribution >= 4 is 45.0 Å². The highest BCUT2D eigenvalue weighted by Gasteiger charge is 2.33. The number of aryl methyl sites for hydroxylation is 1. The first kappa shape index (κ1) is 25.5. The molecule has 2 amide bonds. The van der Waals surface area contributed by atoms with E-state index in [0.717, 1.165) is 10.5 Å². The smallest absolute Gasteiger partial charge is 0.244 e. The van der Waals surface area contributed by atoms with Crippen LogP contribution in [0.25, 0.3) is 0 Å². The number of ether oxygens (including phenoxy) is 2. The Balaban J connectivity index is 1.65. The third-order valence-electron chi connectivity index (χ3n) is 5.94. The largest absolute Gasteiger partial charge is 0.495 e. The lowest BCUT2D eigenvalue weighted by molar-refractivity contribution is -0.123. The summed E-state index contributed by atoms with van der Waals surface area (Å²) in [5.41, 5.74) is 1.87. The average molecular weight is 520 g/mol. The Morgan fingerprint density at radius 2 is 1.94 bits per heavy atom. The molecule has 4 rings (SSSR count). The number of rotatable bonds is 6. The van der Waals surface area contributed by atoms with E-state index in [2.05, 4.69) is 5.32 Å². The van der Waals surface area contributed by atoms with Gasteiger partial charge in [-0.1, -0.05) is 13.0 Å². The van der Waals surface area contributed by atoms with Crippen molar-refractivity contribution in [3.05, 3.63) is 42.0 Å². The monoisotopic (exact) mass is 519 g/mol. The molecule has 0 radical (unpaired) electrons. The van der Waals surface area contributed by atoms with E-state index < -0.39 is 15.9 Å². The molecule has 9 nitrogen and oxygen atoms in total. The van der Waals surface area contributed by atoms with Crippen molar-refractivity contribution in [2.75, 3.05) is 55.9 Å².